The van der Waals surface area contributed by atoms with Gasteiger partial charge < -0.3 is 30.8 Å². The summed E-state index contributed by atoms with van der Waals surface area (Å²) in [6.45, 7) is -0.860. The zero-order valence-corrected chi connectivity index (χ0v) is 8.20. The molecule has 6 N–H and O–H groups in total. The van der Waals surface area contributed by atoms with Crippen LogP contribution in [0.25, 0.3) is 0 Å². The number of ketones is 1. The summed E-state index contributed by atoms with van der Waals surface area (Å²) < 4.78 is 0. The number of hydrogen-bond donors (Lipinski definition) is 6. The SMILES string of the molecule is O=C(CO)C(O)C(O)C(O)CNCCO. The number of aliphatic hydroxyl groups is 5. The first-order valence-corrected chi connectivity index (χ1v) is 4.54. The molecule has 15 heavy (non-hydrogen) atoms. The average Bonchev–Trinajstić information content (AvgIpc) is 2.26. The van der Waals surface area contributed by atoms with Crippen LogP contribution in [0.3, 0.4) is 0 Å². The van der Waals surface area contributed by atoms with Gasteiger partial charge in [0.1, 0.15) is 18.8 Å². The van der Waals surface area contributed by atoms with Crippen LogP contribution in [0.15, 0.2) is 0 Å². The van der Waals surface area contributed by atoms with Crippen LogP contribution in [-0.4, -0.2) is 75.9 Å². The molecule has 7 heteroatoms. The van der Waals surface area contributed by atoms with Gasteiger partial charge in [-0.3, -0.25) is 4.79 Å². The quantitative estimate of drug-likeness (QED) is 0.233. The summed E-state index contributed by atoms with van der Waals surface area (Å²) in [5, 5.41) is 47.0. The summed E-state index contributed by atoms with van der Waals surface area (Å²) in [6, 6.07) is 0. The van der Waals surface area contributed by atoms with Gasteiger partial charge in [-0.2, -0.15) is 0 Å². The van der Waals surface area contributed by atoms with E-state index in [0.29, 0.717) is 0 Å². The van der Waals surface area contributed by atoms with Gasteiger partial charge in [-0.05, 0) is 0 Å². The fourth-order valence-electron chi connectivity index (χ4n) is 0.944. The maximum atomic E-state index is 10.8. The first-order chi connectivity index (χ1) is 7.04. The Kier molecular flexibility index (Phi) is 7.39. The van der Waals surface area contributed by atoms with E-state index >= 15 is 0 Å². The van der Waals surface area contributed by atoms with Gasteiger partial charge in [0.2, 0.25) is 0 Å². The molecular weight excluding hydrogens is 206 g/mol. The van der Waals surface area contributed by atoms with Crippen molar-refractivity contribution in [1.82, 2.24) is 5.32 Å². The third-order valence-electron chi connectivity index (χ3n) is 1.85. The highest BCUT2D eigenvalue weighted by atomic mass is 16.4. The van der Waals surface area contributed by atoms with Crippen LogP contribution in [0.2, 0.25) is 0 Å². The summed E-state index contributed by atoms with van der Waals surface area (Å²) in [6.07, 6.45) is -4.81. The summed E-state index contributed by atoms with van der Waals surface area (Å²) in [5.41, 5.74) is 0. The molecule has 0 bridgehead atoms. The summed E-state index contributed by atoms with van der Waals surface area (Å²) in [5.74, 6) is -0.955. The molecule has 0 aliphatic carbocycles. The van der Waals surface area contributed by atoms with Crippen molar-refractivity contribution in [2.45, 2.75) is 18.3 Å². The Labute approximate surface area is 87.0 Å². The molecule has 0 radical (unpaired) electrons. The van der Waals surface area contributed by atoms with Gasteiger partial charge in [-0.25, -0.2) is 0 Å². The van der Waals surface area contributed by atoms with E-state index in [2.05, 4.69) is 5.32 Å². The molecule has 0 saturated heterocycles. The second-order valence-electron chi connectivity index (χ2n) is 3.05. The van der Waals surface area contributed by atoms with Crippen molar-refractivity contribution in [3.8, 4) is 0 Å². The van der Waals surface area contributed by atoms with Crippen LogP contribution >= 0.6 is 0 Å². The van der Waals surface area contributed by atoms with Gasteiger partial charge in [-0.15, -0.1) is 0 Å². The second-order valence-corrected chi connectivity index (χ2v) is 3.05. The largest absolute Gasteiger partial charge is 0.395 e. The van der Waals surface area contributed by atoms with E-state index in [9.17, 15) is 15.0 Å². The molecule has 0 aromatic carbocycles. The predicted octanol–water partition coefficient (Wildman–Crippen LogP) is -3.79. The van der Waals surface area contributed by atoms with Crippen molar-refractivity contribution in [3.63, 3.8) is 0 Å². The number of nitrogens with one attached hydrogen (secondary N) is 1. The molecule has 3 unspecified atom stereocenters. The first-order valence-electron chi connectivity index (χ1n) is 4.54. The average molecular weight is 223 g/mol. The van der Waals surface area contributed by atoms with E-state index in [-0.39, 0.29) is 19.7 Å². The second kappa shape index (κ2) is 7.69. The minimum absolute atomic E-state index is 0.0719. The lowest BCUT2D eigenvalue weighted by Crippen LogP contribution is -2.47. The third-order valence-corrected chi connectivity index (χ3v) is 1.85. The van der Waals surface area contributed by atoms with E-state index in [0.717, 1.165) is 0 Å². The Bertz CT molecular complexity index is 188. The highest BCUT2D eigenvalue weighted by Gasteiger charge is 2.29. The van der Waals surface area contributed by atoms with Crippen LogP contribution < -0.4 is 5.32 Å². The van der Waals surface area contributed by atoms with Crippen molar-refractivity contribution in [3.05, 3.63) is 0 Å². The van der Waals surface area contributed by atoms with Gasteiger partial charge in [0, 0.05) is 13.1 Å². The molecule has 0 heterocycles. The lowest BCUT2D eigenvalue weighted by molar-refractivity contribution is -0.141. The van der Waals surface area contributed by atoms with Gasteiger partial charge in [-0.1, -0.05) is 0 Å². The van der Waals surface area contributed by atoms with Crippen molar-refractivity contribution in [2.24, 2.45) is 0 Å². The monoisotopic (exact) mass is 223 g/mol. The lowest BCUT2D eigenvalue weighted by atomic mass is 10.0. The number of carbonyl (C=O) groups excluding carboxylic acids is 1. The van der Waals surface area contributed by atoms with Gasteiger partial charge in [0.25, 0.3) is 0 Å². The molecule has 0 saturated carbocycles. The van der Waals surface area contributed by atoms with Crippen LogP contribution in [0.5, 0.6) is 0 Å². The summed E-state index contributed by atoms with van der Waals surface area (Å²) in [7, 11) is 0. The topological polar surface area (TPSA) is 130 Å². The zero-order valence-electron chi connectivity index (χ0n) is 8.20. The number of rotatable bonds is 8. The van der Waals surface area contributed by atoms with Crippen molar-refractivity contribution in [2.75, 3.05) is 26.3 Å². The smallest absolute Gasteiger partial charge is 0.189 e. The Morgan fingerprint density at radius 3 is 2.27 bits per heavy atom. The number of aliphatic hydroxyl groups excluding tert-OH is 5. The van der Waals surface area contributed by atoms with Gasteiger partial charge in [0.15, 0.2) is 5.78 Å². The molecule has 0 aromatic rings. The number of carbonyl (C=O) groups is 1. The number of hydrogen-bond acceptors (Lipinski definition) is 7. The Morgan fingerprint density at radius 1 is 1.20 bits per heavy atom. The van der Waals surface area contributed by atoms with Crippen molar-refractivity contribution >= 4 is 5.78 Å². The molecule has 0 aliphatic rings. The minimum Gasteiger partial charge on any atom is -0.395 e. The fraction of sp³-hybridized carbons (Fsp3) is 0.875. The third kappa shape index (κ3) is 5.17. The molecule has 0 amide bonds. The Hall–Kier alpha value is -0.570. The standard InChI is InChI=1S/C8H17NO6/c10-2-1-9-3-5(12)7(14)8(15)6(13)4-11/h5,7-12,14-15H,1-4H2. The van der Waals surface area contributed by atoms with E-state index in [1.54, 1.807) is 0 Å². The van der Waals surface area contributed by atoms with Gasteiger partial charge >= 0.3 is 0 Å². The molecule has 90 valence electrons. The maximum Gasteiger partial charge on any atom is 0.189 e. The molecule has 3 atom stereocenters. The molecule has 7 nitrogen and oxygen atoms in total. The minimum atomic E-state index is -1.80. The molecule has 0 aliphatic heterocycles. The Morgan fingerprint density at radius 2 is 1.80 bits per heavy atom. The summed E-state index contributed by atoms with van der Waals surface area (Å²) in [4.78, 5) is 10.8. The zero-order chi connectivity index (χ0) is 11.8. The number of Topliss-reactive ketones (excluding diaryl/α,β-unsaturated/α-hetero) is 1. The lowest BCUT2D eigenvalue weighted by Gasteiger charge is -2.21. The van der Waals surface area contributed by atoms with Crippen molar-refractivity contribution in [1.29, 1.82) is 0 Å². The molecule has 0 spiro atoms. The van der Waals surface area contributed by atoms with E-state index in [1.165, 1.54) is 0 Å². The van der Waals surface area contributed by atoms with Crippen LogP contribution in [0.1, 0.15) is 0 Å². The van der Waals surface area contributed by atoms with Gasteiger partial charge in [0.05, 0.1) is 12.7 Å². The molecule has 0 rings (SSSR count). The van der Waals surface area contributed by atoms with Crippen LogP contribution in [0, 0.1) is 0 Å². The normalized spacial score (nSPS) is 17.1. The Balaban J connectivity index is 3.95. The van der Waals surface area contributed by atoms with Crippen LogP contribution in [0.4, 0.5) is 0 Å². The van der Waals surface area contributed by atoms with Crippen LogP contribution in [-0.2, 0) is 4.79 Å². The van der Waals surface area contributed by atoms with Crippen molar-refractivity contribution < 1.29 is 30.3 Å². The van der Waals surface area contributed by atoms with E-state index < -0.39 is 30.7 Å². The predicted molar refractivity (Wildman–Crippen MR) is 50.1 cm³/mol. The highest BCUT2D eigenvalue weighted by molar-refractivity contribution is 5.84. The highest BCUT2D eigenvalue weighted by Crippen LogP contribution is 2.00. The maximum absolute atomic E-state index is 10.8. The molecular formula is C8H17NO6. The van der Waals surface area contributed by atoms with E-state index in [4.69, 9.17) is 15.3 Å². The van der Waals surface area contributed by atoms with E-state index in [1.807, 2.05) is 0 Å². The summed E-state index contributed by atoms with van der Waals surface area (Å²) >= 11 is 0. The molecule has 0 fully saturated rings. The first kappa shape index (κ1) is 14.4. The molecule has 0 aromatic heterocycles. The fourth-order valence-corrected chi connectivity index (χ4v) is 0.944.